The lowest BCUT2D eigenvalue weighted by Crippen LogP contribution is -2.13. The number of pyridine rings is 1. The lowest BCUT2D eigenvalue weighted by molar-refractivity contribution is -0.142. The molecule has 0 aliphatic carbocycles. The van der Waals surface area contributed by atoms with Crippen molar-refractivity contribution in [2.24, 2.45) is 0 Å². The number of carbonyl (C=O) groups is 1. The summed E-state index contributed by atoms with van der Waals surface area (Å²) >= 11 is 3.06. The molecule has 0 aromatic carbocycles. The molecule has 0 aliphatic heterocycles. The molecule has 0 bridgehead atoms. The van der Waals surface area contributed by atoms with Crippen molar-refractivity contribution in [3.05, 3.63) is 28.8 Å². The van der Waals surface area contributed by atoms with Crippen LogP contribution in [0.3, 0.4) is 0 Å². The summed E-state index contributed by atoms with van der Waals surface area (Å²) in [6, 6.07) is 1.02. The van der Waals surface area contributed by atoms with Crippen LogP contribution in [0.2, 0.25) is 0 Å². The molecule has 1 aromatic rings. The van der Waals surface area contributed by atoms with Gasteiger partial charge in [0.15, 0.2) is 0 Å². The summed E-state index contributed by atoms with van der Waals surface area (Å²) in [5.41, 5.74) is -0.426. The van der Waals surface area contributed by atoms with E-state index in [4.69, 9.17) is 0 Å². The number of ether oxygens (including phenoxy) is 1. The van der Waals surface area contributed by atoms with Crippen molar-refractivity contribution in [3.63, 3.8) is 0 Å². The molecule has 0 radical (unpaired) electrons. The molecule has 18 heavy (non-hydrogen) atoms. The Labute approximate surface area is 110 Å². The molecule has 1 aromatic heterocycles. The second-order valence-corrected chi connectivity index (χ2v) is 3.94. The molecule has 0 spiro atoms. The highest BCUT2D eigenvalue weighted by molar-refractivity contribution is 9.08. The van der Waals surface area contributed by atoms with Crippen LogP contribution in [0.15, 0.2) is 6.07 Å². The predicted molar refractivity (Wildman–Crippen MR) is 62.1 cm³/mol. The number of alkyl halides is 3. The van der Waals surface area contributed by atoms with Crippen LogP contribution < -0.4 is 0 Å². The Hall–Kier alpha value is -1.11. The third kappa shape index (κ3) is 3.69. The Morgan fingerprint density at radius 3 is 2.72 bits per heavy atom. The third-order valence-electron chi connectivity index (χ3n) is 2.19. The third-order valence-corrected chi connectivity index (χ3v) is 2.80. The molecule has 0 unspecified atom stereocenters. The molecule has 0 saturated carbocycles. The first kappa shape index (κ1) is 14.9. The fourth-order valence-corrected chi connectivity index (χ4v) is 1.97. The smallest absolute Gasteiger partial charge is 0.310 e. The molecule has 7 heteroatoms. The average Bonchev–Trinajstić information content (AvgIpc) is 2.30. The highest BCUT2D eigenvalue weighted by atomic mass is 79.9. The highest BCUT2D eigenvalue weighted by Crippen LogP contribution is 2.26. The lowest BCUT2D eigenvalue weighted by Gasteiger charge is -2.12. The predicted octanol–water partition coefficient (Wildman–Crippen LogP) is 3.16. The molecule has 0 amide bonds. The van der Waals surface area contributed by atoms with Crippen molar-refractivity contribution in [1.82, 2.24) is 4.98 Å². The van der Waals surface area contributed by atoms with Crippen molar-refractivity contribution < 1.29 is 22.7 Å². The van der Waals surface area contributed by atoms with Gasteiger partial charge in [-0.25, -0.2) is 13.8 Å². The summed E-state index contributed by atoms with van der Waals surface area (Å²) in [4.78, 5) is 14.5. The molecule has 3 nitrogen and oxygen atoms in total. The average molecular weight is 326 g/mol. The molecule has 0 saturated heterocycles. The van der Waals surface area contributed by atoms with E-state index in [1.54, 1.807) is 6.92 Å². The molecule has 1 rings (SSSR count). The summed E-state index contributed by atoms with van der Waals surface area (Å²) in [5.74, 6) is -1.64. The van der Waals surface area contributed by atoms with Crippen molar-refractivity contribution in [2.75, 3.05) is 6.61 Å². The van der Waals surface area contributed by atoms with Crippen LogP contribution >= 0.6 is 15.9 Å². The SMILES string of the molecule is CCOC(=O)Cc1c(CBr)cc(F)nc1C(F)F. The molecule has 100 valence electrons. The summed E-state index contributed by atoms with van der Waals surface area (Å²) in [7, 11) is 0. The Balaban J connectivity index is 3.16. The summed E-state index contributed by atoms with van der Waals surface area (Å²) < 4.78 is 43.3. The van der Waals surface area contributed by atoms with Crippen LogP contribution in [0, 0.1) is 5.95 Å². The van der Waals surface area contributed by atoms with Crippen molar-refractivity contribution >= 4 is 21.9 Å². The van der Waals surface area contributed by atoms with Crippen LogP contribution in [0.4, 0.5) is 13.2 Å². The van der Waals surface area contributed by atoms with Gasteiger partial charge in [-0.2, -0.15) is 4.39 Å². The van der Waals surface area contributed by atoms with Crippen LogP contribution in [0.5, 0.6) is 0 Å². The van der Waals surface area contributed by atoms with Crippen molar-refractivity contribution in [1.29, 1.82) is 0 Å². The van der Waals surface area contributed by atoms with Gasteiger partial charge in [-0.3, -0.25) is 4.79 Å². The number of aromatic nitrogens is 1. The fraction of sp³-hybridized carbons (Fsp3) is 0.455. The maximum Gasteiger partial charge on any atom is 0.310 e. The van der Waals surface area contributed by atoms with E-state index in [1.165, 1.54) is 0 Å². The normalized spacial score (nSPS) is 10.8. The molecular formula is C11H11BrF3NO2. The minimum Gasteiger partial charge on any atom is -0.466 e. The summed E-state index contributed by atoms with van der Waals surface area (Å²) in [6.45, 7) is 1.77. The number of nitrogens with zero attached hydrogens (tertiary/aromatic N) is 1. The molecule has 1 heterocycles. The standard InChI is InChI=1S/C11H11BrF3NO2/c1-2-18-9(17)4-7-6(5-12)3-8(13)16-10(7)11(14)15/h3,11H,2,4-5H2,1H3. The highest BCUT2D eigenvalue weighted by Gasteiger charge is 2.22. The van der Waals surface area contributed by atoms with E-state index in [0.29, 0.717) is 0 Å². The van der Waals surface area contributed by atoms with E-state index in [1.807, 2.05) is 0 Å². The summed E-state index contributed by atoms with van der Waals surface area (Å²) in [5, 5.41) is 0.154. The molecule has 0 fully saturated rings. The number of halogens is 4. The second kappa shape index (κ2) is 6.72. The van der Waals surface area contributed by atoms with E-state index >= 15 is 0 Å². The van der Waals surface area contributed by atoms with E-state index in [9.17, 15) is 18.0 Å². The van der Waals surface area contributed by atoms with E-state index < -0.39 is 24.0 Å². The Kier molecular flexibility index (Phi) is 5.58. The second-order valence-electron chi connectivity index (χ2n) is 3.38. The Morgan fingerprint density at radius 1 is 1.56 bits per heavy atom. The minimum absolute atomic E-state index is 0.0155. The van der Waals surface area contributed by atoms with Gasteiger partial charge in [0.05, 0.1) is 13.0 Å². The van der Waals surface area contributed by atoms with Gasteiger partial charge in [0, 0.05) is 5.33 Å². The first-order valence-corrected chi connectivity index (χ1v) is 6.29. The maximum absolute atomic E-state index is 13.1. The zero-order chi connectivity index (χ0) is 13.7. The first-order chi connectivity index (χ1) is 8.49. The van der Waals surface area contributed by atoms with E-state index in [0.717, 1.165) is 6.07 Å². The van der Waals surface area contributed by atoms with Crippen molar-refractivity contribution in [3.8, 4) is 0 Å². The maximum atomic E-state index is 13.1. The van der Waals surface area contributed by atoms with Gasteiger partial charge in [0.25, 0.3) is 6.43 Å². The number of hydrogen-bond acceptors (Lipinski definition) is 3. The summed E-state index contributed by atoms with van der Waals surface area (Å²) in [6.07, 6.45) is -3.29. The van der Waals surface area contributed by atoms with E-state index in [-0.39, 0.29) is 29.5 Å². The number of hydrogen-bond donors (Lipinski definition) is 0. The Morgan fingerprint density at radius 2 is 2.22 bits per heavy atom. The quantitative estimate of drug-likeness (QED) is 0.474. The van der Waals surface area contributed by atoms with Gasteiger partial charge < -0.3 is 4.74 Å². The zero-order valence-corrected chi connectivity index (χ0v) is 11.1. The molecule has 0 N–H and O–H groups in total. The van der Waals surface area contributed by atoms with Crippen LogP contribution in [0.1, 0.15) is 30.2 Å². The van der Waals surface area contributed by atoms with Crippen molar-refractivity contribution in [2.45, 2.75) is 25.1 Å². The Bertz CT molecular complexity index is 441. The van der Waals surface area contributed by atoms with Gasteiger partial charge in [-0.1, -0.05) is 15.9 Å². The molecule has 0 atom stereocenters. The van der Waals surface area contributed by atoms with Gasteiger partial charge >= 0.3 is 5.97 Å². The van der Waals surface area contributed by atoms with Crippen LogP contribution in [0.25, 0.3) is 0 Å². The zero-order valence-electron chi connectivity index (χ0n) is 9.55. The van der Waals surface area contributed by atoms with Crippen LogP contribution in [-0.2, 0) is 21.3 Å². The number of carbonyl (C=O) groups excluding carboxylic acids is 1. The number of rotatable bonds is 5. The van der Waals surface area contributed by atoms with Gasteiger partial charge in [-0.05, 0) is 24.1 Å². The van der Waals surface area contributed by atoms with Gasteiger partial charge in [0.2, 0.25) is 5.95 Å². The van der Waals surface area contributed by atoms with E-state index in [2.05, 4.69) is 25.7 Å². The topological polar surface area (TPSA) is 39.2 Å². The molecular weight excluding hydrogens is 315 g/mol. The van der Waals surface area contributed by atoms with Gasteiger partial charge in [-0.15, -0.1) is 0 Å². The number of esters is 1. The lowest BCUT2D eigenvalue weighted by atomic mass is 10.0. The fourth-order valence-electron chi connectivity index (χ4n) is 1.47. The van der Waals surface area contributed by atoms with Crippen LogP contribution in [-0.4, -0.2) is 17.6 Å². The largest absolute Gasteiger partial charge is 0.466 e. The first-order valence-electron chi connectivity index (χ1n) is 5.17. The monoisotopic (exact) mass is 325 g/mol. The molecule has 0 aliphatic rings. The minimum atomic E-state index is -2.94. The van der Waals surface area contributed by atoms with Gasteiger partial charge in [0.1, 0.15) is 5.69 Å².